The Morgan fingerprint density at radius 3 is 2.41 bits per heavy atom. The maximum Gasteiger partial charge on any atom is 0.331 e. The number of benzene rings is 2. The number of carboxylic acids is 1. The molecule has 0 atom stereocenters. The van der Waals surface area contributed by atoms with Gasteiger partial charge in [0.05, 0.1) is 0 Å². The topological polar surface area (TPSA) is 57.5 Å². The molecule has 2 N–H and O–H groups in total. The molecule has 0 fully saturated rings. The van der Waals surface area contributed by atoms with E-state index in [1.165, 1.54) is 0 Å². The van der Waals surface area contributed by atoms with Crippen LogP contribution in [0.1, 0.15) is 12.5 Å². The zero-order chi connectivity index (χ0) is 12.4. The normalized spacial score (nSPS) is 11.7. The van der Waals surface area contributed by atoms with Gasteiger partial charge < -0.3 is 10.2 Å². The van der Waals surface area contributed by atoms with Crippen LogP contribution in [0.2, 0.25) is 0 Å². The number of fused-ring (bicyclic) bond motifs is 1. The van der Waals surface area contributed by atoms with Gasteiger partial charge in [0.2, 0.25) is 0 Å². The molecule has 0 spiro atoms. The van der Waals surface area contributed by atoms with Crippen molar-refractivity contribution < 1.29 is 15.0 Å². The fourth-order valence-electron chi connectivity index (χ4n) is 1.73. The summed E-state index contributed by atoms with van der Waals surface area (Å²) in [6.07, 6.45) is 1.60. The largest absolute Gasteiger partial charge is 0.507 e. The molecule has 3 nitrogen and oxygen atoms in total. The number of aliphatic carboxylic acids is 1. The van der Waals surface area contributed by atoms with E-state index in [4.69, 9.17) is 5.11 Å². The van der Waals surface area contributed by atoms with Crippen molar-refractivity contribution in [2.75, 3.05) is 0 Å². The van der Waals surface area contributed by atoms with E-state index in [9.17, 15) is 9.90 Å². The van der Waals surface area contributed by atoms with Gasteiger partial charge in [-0.2, -0.15) is 0 Å². The Morgan fingerprint density at radius 2 is 1.76 bits per heavy atom. The second-order valence-electron chi connectivity index (χ2n) is 3.85. The Morgan fingerprint density at radius 1 is 1.12 bits per heavy atom. The standard InChI is InChI=1S/C14H12O3/c1-9(14(16)17)8-10-6-7-13(15)12-5-3-2-4-11(10)12/h2-8,15H,1H3,(H,16,17)/b9-8+. The van der Waals surface area contributed by atoms with E-state index >= 15 is 0 Å². The summed E-state index contributed by atoms with van der Waals surface area (Å²) in [6.45, 7) is 1.55. The fraction of sp³-hybridized carbons (Fsp3) is 0.0714. The second-order valence-corrected chi connectivity index (χ2v) is 3.85. The molecule has 0 aliphatic rings. The summed E-state index contributed by atoms with van der Waals surface area (Å²) in [5, 5.41) is 20.1. The monoisotopic (exact) mass is 228 g/mol. The van der Waals surface area contributed by atoms with E-state index in [1.807, 2.05) is 18.2 Å². The Kier molecular flexibility index (Phi) is 2.83. The smallest absolute Gasteiger partial charge is 0.331 e. The molecule has 0 amide bonds. The minimum absolute atomic E-state index is 0.200. The molecule has 0 aromatic heterocycles. The zero-order valence-electron chi connectivity index (χ0n) is 9.34. The molecule has 0 aliphatic carbocycles. The quantitative estimate of drug-likeness (QED) is 0.777. The first-order valence-electron chi connectivity index (χ1n) is 5.22. The minimum atomic E-state index is -0.942. The predicted octanol–water partition coefficient (Wildman–Crippen LogP) is 3.03. The number of carbonyl (C=O) groups is 1. The van der Waals surface area contributed by atoms with Crippen molar-refractivity contribution in [2.45, 2.75) is 6.92 Å². The molecule has 17 heavy (non-hydrogen) atoms. The summed E-state index contributed by atoms with van der Waals surface area (Å²) >= 11 is 0. The maximum atomic E-state index is 10.8. The van der Waals surface area contributed by atoms with Crippen molar-refractivity contribution in [1.82, 2.24) is 0 Å². The summed E-state index contributed by atoms with van der Waals surface area (Å²) in [6, 6.07) is 10.6. The van der Waals surface area contributed by atoms with Gasteiger partial charge in [-0.25, -0.2) is 4.79 Å². The van der Waals surface area contributed by atoms with E-state index in [-0.39, 0.29) is 11.3 Å². The van der Waals surface area contributed by atoms with Gasteiger partial charge in [0.15, 0.2) is 0 Å². The van der Waals surface area contributed by atoms with E-state index in [0.717, 1.165) is 16.3 Å². The summed E-state index contributed by atoms with van der Waals surface area (Å²) < 4.78 is 0. The van der Waals surface area contributed by atoms with Gasteiger partial charge in [-0.05, 0) is 30.0 Å². The van der Waals surface area contributed by atoms with E-state index in [2.05, 4.69) is 0 Å². The number of rotatable bonds is 2. The first kappa shape index (κ1) is 11.2. The van der Waals surface area contributed by atoms with Gasteiger partial charge in [0, 0.05) is 11.0 Å². The van der Waals surface area contributed by atoms with E-state index < -0.39 is 5.97 Å². The SMILES string of the molecule is C/C(=C\c1ccc(O)c2ccccc12)C(=O)O. The highest BCUT2D eigenvalue weighted by Crippen LogP contribution is 2.28. The molecule has 2 aromatic rings. The molecule has 3 heteroatoms. The first-order chi connectivity index (χ1) is 8.09. The van der Waals surface area contributed by atoms with Gasteiger partial charge in [0.25, 0.3) is 0 Å². The van der Waals surface area contributed by atoms with Crippen LogP contribution in [0, 0.1) is 0 Å². The number of phenols is 1. The van der Waals surface area contributed by atoms with Gasteiger partial charge in [0.1, 0.15) is 5.75 Å². The van der Waals surface area contributed by atoms with Crippen LogP contribution in [0.4, 0.5) is 0 Å². The third kappa shape index (κ3) is 2.13. The lowest BCUT2D eigenvalue weighted by Crippen LogP contribution is -1.95. The Hall–Kier alpha value is -2.29. The number of carboxylic acid groups (broad SMARTS) is 1. The molecule has 0 aliphatic heterocycles. The third-order valence-corrected chi connectivity index (χ3v) is 2.64. The van der Waals surface area contributed by atoms with E-state index in [1.54, 1.807) is 31.2 Å². The number of aromatic hydroxyl groups is 1. The van der Waals surface area contributed by atoms with Crippen molar-refractivity contribution in [3.05, 3.63) is 47.5 Å². The number of phenolic OH excluding ortho intramolecular Hbond substituents is 1. The molecular formula is C14H12O3. The van der Waals surface area contributed by atoms with Crippen molar-refractivity contribution >= 4 is 22.8 Å². The van der Waals surface area contributed by atoms with Crippen molar-refractivity contribution in [2.24, 2.45) is 0 Å². The molecule has 0 bridgehead atoms. The van der Waals surface area contributed by atoms with Crippen LogP contribution in [0.5, 0.6) is 5.75 Å². The maximum absolute atomic E-state index is 10.8. The highest BCUT2D eigenvalue weighted by atomic mass is 16.4. The Bertz CT molecular complexity index is 612. The average Bonchev–Trinajstić information content (AvgIpc) is 2.33. The number of hydrogen-bond donors (Lipinski definition) is 2. The molecule has 2 rings (SSSR count). The Labute approximate surface area is 98.6 Å². The molecule has 0 saturated heterocycles. The van der Waals surface area contributed by atoms with Crippen LogP contribution in [-0.2, 0) is 4.79 Å². The molecule has 2 aromatic carbocycles. The molecule has 0 heterocycles. The molecule has 0 radical (unpaired) electrons. The first-order valence-corrected chi connectivity index (χ1v) is 5.22. The molecule has 0 saturated carbocycles. The van der Waals surface area contributed by atoms with E-state index in [0.29, 0.717) is 0 Å². The molecule has 0 unspecified atom stereocenters. The van der Waals surface area contributed by atoms with Crippen LogP contribution in [0.15, 0.2) is 42.0 Å². The summed E-state index contributed by atoms with van der Waals surface area (Å²) in [5.74, 6) is -0.743. The van der Waals surface area contributed by atoms with Crippen molar-refractivity contribution in [3.8, 4) is 5.75 Å². The fourth-order valence-corrected chi connectivity index (χ4v) is 1.73. The number of hydrogen-bond acceptors (Lipinski definition) is 2. The van der Waals surface area contributed by atoms with Gasteiger partial charge in [-0.3, -0.25) is 0 Å². The summed E-state index contributed by atoms with van der Waals surface area (Å²) in [4.78, 5) is 10.8. The average molecular weight is 228 g/mol. The highest BCUT2D eigenvalue weighted by Gasteiger charge is 2.05. The van der Waals surface area contributed by atoms with Gasteiger partial charge in [-0.1, -0.05) is 30.3 Å². The Balaban J connectivity index is 2.68. The van der Waals surface area contributed by atoms with Crippen LogP contribution in [0.25, 0.3) is 16.8 Å². The van der Waals surface area contributed by atoms with Crippen molar-refractivity contribution in [1.29, 1.82) is 0 Å². The lowest BCUT2D eigenvalue weighted by Gasteiger charge is -2.05. The highest BCUT2D eigenvalue weighted by molar-refractivity contribution is 5.99. The minimum Gasteiger partial charge on any atom is -0.507 e. The van der Waals surface area contributed by atoms with Gasteiger partial charge >= 0.3 is 5.97 Å². The van der Waals surface area contributed by atoms with Crippen LogP contribution in [0.3, 0.4) is 0 Å². The third-order valence-electron chi connectivity index (χ3n) is 2.64. The zero-order valence-corrected chi connectivity index (χ0v) is 9.34. The second kappa shape index (κ2) is 4.29. The lowest BCUT2D eigenvalue weighted by atomic mass is 10.0. The summed E-state index contributed by atoms with van der Waals surface area (Å²) in [7, 11) is 0. The lowest BCUT2D eigenvalue weighted by molar-refractivity contribution is -0.132. The van der Waals surface area contributed by atoms with Gasteiger partial charge in [-0.15, -0.1) is 0 Å². The van der Waals surface area contributed by atoms with Crippen LogP contribution >= 0.6 is 0 Å². The molecule has 86 valence electrons. The molecular weight excluding hydrogens is 216 g/mol. The van der Waals surface area contributed by atoms with Crippen molar-refractivity contribution in [3.63, 3.8) is 0 Å². The predicted molar refractivity (Wildman–Crippen MR) is 66.9 cm³/mol. The van der Waals surface area contributed by atoms with Crippen LogP contribution < -0.4 is 0 Å². The van der Waals surface area contributed by atoms with Crippen LogP contribution in [-0.4, -0.2) is 16.2 Å². The summed E-state index contributed by atoms with van der Waals surface area (Å²) in [5.41, 5.74) is 1.05.